The summed E-state index contributed by atoms with van der Waals surface area (Å²) >= 11 is 11.8. The summed E-state index contributed by atoms with van der Waals surface area (Å²) in [4.78, 5) is 0. The summed E-state index contributed by atoms with van der Waals surface area (Å²) < 4.78 is 10.9. The molecule has 0 saturated heterocycles. The van der Waals surface area contributed by atoms with Crippen LogP contribution in [0.2, 0.25) is 5.02 Å². The maximum Gasteiger partial charge on any atom is 0.162 e. The molecule has 0 unspecified atom stereocenters. The van der Waals surface area contributed by atoms with E-state index in [4.69, 9.17) is 32.7 Å². The maximum absolute atomic E-state index is 6.12. The highest BCUT2D eigenvalue weighted by Gasteiger charge is 2.14. The second-order valence-corrected chi connectivity index (χ2v) is 4.16. The second-order valence-electron chi connectivity index (χ2n) is 3.38. The summed E-state index contributed by atoms with van der Waals surface area (Å²) in [5, 5.41) is 0.726. The Kier molecular flexibility index (Phi) is 3.60. The molecule has 0 bridgehead atoms. The number of halogens is 2. The molecule has 82 valence electrons. The lowest BCUT2D eigenvalue weighted by molar-refractivity contribution is 0.171. The van der Waals surface area contributed by atoms with E-state index in [0.29, 0.717) is 19.1 Å². The summed E-state index contributed by atoms with van der Waals surface area (Å²) in [7, 11) is 0. The van der Waals surface area contributed by atoms with Gasteiger partial charge in [0.25, 0.3) is 0 Å². The monoisotopic (exact) mass is 246 g/mol. The first-order valence-electron chi connectivity index (χ1n) is 4.95. The molecule has 2 nitrogen and oxygen atoms in total. The Hall–Kier alpha value is -0.600. The van der Waals surface area contributed by atoms with Gasteiger partial charge in [-0.15, -0.1) is 11.6 Å². The van der Waals surface area contributed by atoms with E-state index in [1.54, 1.807) is 0 Å². The molecule has 0 aliphatic carbocycles. The van der Waals surface area contributed by atoms with E-state index in [2.05, 4.69) is 0 Å². The fourth-order valence-corrected chi connectivity index (χ4v) is 1.94. The van der Waals surface area contributed by atoms with Gasteiger partial charge in [0.1, 0.15) is 13.2 Å². The quantitative estimate of drug-likeness (QED) is 0.763. The molecule has 15 heavy (non-hydrogen) atoms. The normalized spacial score (nSPS) is 14.0. The first-order chi connectivity index (χ1) is 7.31. The van der Waals surface area contributed by atoms with Gasteiger partial charge in [-0.3, -0.25) is 0 Å². The third-order valence-electron chi connectivity index (χ3n) is 2.29. The molecule has 1 aliphatic rings. The lowest BCUT2D eigenvalue weighted by Crippen LogP contribution is -2.15. The molecule has 2 rings (SSSR count). The number of aryl methyl sites for hydroxylation is 1. The molecule has 0 saturated carbocycles. The van der Waals surface area contributed by atoms with Crippen molar-refractivity contribution in [1.82, 2.24) is 0 Å². The van der Waals surface area contributed by atoms with Crippen molar-refractivity contribution in [2.75, 3.05) is 19.1 Å². The Balaban J connectivity index is 2.24. The average Bonchev–Trinajstić information content (AvgIpc) is 2.26. The number of fused-ring (bicyclic) bond motifs is 1. The third kappa shape index (κ3) is 2.50. The van der Waals surface area contributed by atoms with E-state index < -0.39 is 0 Å². The number of hydrogen-bond acceptors (Lipinski definition) is 2. The molecule has 0 fully saturated rings. The molecular weight excluding hydrogens is 235 g/mol. The Bertz CT molecular complexity index is 353. The van der Waals surface area contributed by atoms with Crippen LogP contribution >= 0.6 is 23.2 Å². The van der Waals surface area contributed by atoms with Gasteiger partial charge < -0.3 is 9.47 Å². The van der Waals surface area contributed by atoms with E-state index in [9.17, 15) is 0 Å². The number of ether oxygens (including phenoxy) is 2. The van der Waals surface area contributed by atoms with Crippen molar-refractivity contribution in [1.29, 1.82) is 0 Å². The number of benzene rings is 1. The molecule has 1 aliphatic heterocycles. The second kappa shape index (κ2) is 4.95. The van der Waals surface area contributed by atoms with E-state index in [-0.39, 0.29) is 0 Å². The van der Waals surface area contributed by atoms with Crippen LogP contribution in [0.15, 0.2) is 12.1 Å². The minimum Gasteiger partial charge on any atom is -0.486 e. The highest BCUT2D eigenvalue weighted by Crippen LogP contribution is 2.35. The van der Waals surface area contributed by atoms with Crippen molar-refractivity contribution < 1.29 is 9.47 Å². The van der Waals surface area contributed by atoms with Crippen LogP contribution in [0.1, 0.15) is 12.0 Å². The van der Waals surface area contributed by atoms with Crippen molar-refractivity contribution in [2.45, 2.75) is 12.8 Å². The largest absolute Gasteiger partial charge is 0.486 e. The molecule has 0 spiro atoms. The van der Waals surface area contributed by atoms with Crippen molar-refractivity contribution >= 4 is 23.2 Å². The van der Waals surface area contributed by atoms with Gasteiger partial charge >= 0.3 is 0 Å². The van der Waals surface area contributed by atoms with E-state index in [0.717, 1.165) is 34.9 Å². The van der Waals surface area contributed by atoms with E-state index >= 15 is 0 Å². The van der Waals surface area contributed by atoms with Crippen molar-refractivity contribution in [3.05, 3.63) is 22.7 Å². The summed E-state index contributed by atoms with van der Waals surface area (Å²) in [5.41, 5.74) is 1.07. The lowest BCUT2D eigenvalue weighted by atomic mass is 10.1. The van der Waals surface area contributed by atoms with Crippen LogP contribution in [-0.4, -0.2) is 19.1 Å². The zero-order valence-electron chi connectivity index (χ0n) is 8.26. The number of hydrogen-bond donors (Lipinski definition) is 0. The van der Waals surface area contributed by atoms with Crippen molar-refractivity contribution in [3.63, 3.8) is 0 Å². The van der Waals surface area contributed by atoms with Crippen LogP contribution in [0.3, 0.4) is 0 Å². The summed E-state index contributed by atoms with van der Waals surface area (Å²) in [6.07, 6.45) is 1.79. The molecule has 1 heterocycles. The van der Waals surface area contributed by atoms with Gasteiger partial charge in [0.15, 0.2) is 11.5 Å². The van der Waals surface area contributed by atoms with Gasteiger partial charge in [-0.05, 0) is 24.5 Å². The lowest BCUT2D eigenvalue weighted by Gasteiger charge is -2.19. The fraction of sp³-hybridized carbons (Fsp3) is 0.455. The van der Waals surface area contributed by atoms with Crippen LogP contribution in [0.25, 0.3) is 0 Å². The SMILES string of the molecule is ClCCCc1cc2c(cc1Cl)OCCO2. The standard InChI is InChI=1S/C11H12Cl2O2/c12-3-1-2-8-6-10-11(7-9(8)13)15-5-4-14-10/h6-7H,1-5H2. The molecule has 0 amide bonds. The number of rotatable bonds is 3. The van der Waals surface area contributed by atoms with Crippen LogP contribution in [-0.2, 0) is 6.42 Å². The molecule has 0 radical (unpaired) electrons. The van der Waals surface area contributed by atoms with Crippen molar-refractivity contribution in [3.8, 4) is 11.5 Å². The van der Waals surface area contributed by atoms with Gasteiger partial charge in [0.05, 0.1) is 0 Å². The average molecular weight is 247 g/mol. The van der Waals surface area contributed by atoms with Gasteiger partial charge in [-0.2, -0.15) is 0 Å². The highest BCUT2D eigenvalue weighted by atomic mass is 35.5. The molecule has 0 aromatic heterocycles. The topological polar surface area (TPSA) is 18.5 Å². The maximum atomic E-state index is 6.12. The Labute approximate surface area is 99.1 Å². The molecule has 4 heteroatoms. The molecule has 0 atom stereocenters. The predicted octanol–water partition coefficient (Wildman–Crippen LogP) is 3.28. The van der Waals surface area contributed by atoms with Gasteiger partial charge in [-0.1, -0.05) is 11.6 Å². The summed E-state index contributed by atoms with van der Waals surface area (Å²) in [5.74, 6) is 2.17. The van der Waals surface area contributed by atoms with Crippen molar-refractivity contribution in [2.24, 2.45) is 0 Å². The smallest absolute Gasteiger partial charge is 0.162 e. The van der Waals surface area contributed by atoms with Gasteiger partial charge in [-0.25, -0.2) is 0 Å². The minimum atomic E-state index is 0.588. The fourth-order valence-electron chi connectivity index (χ4n) is 1.55. The first-order valence-corrected chi connectivity index (χ1v) is 5.86. The summed E-state index contributed by atoms with van der Waals surface area (Å²) in [6, 6.07) is 3.77. The van der Waals surface area contributed by atoms with Crippen LogP contribution in [0, 0.1) is 0 Å². The van der Waals surface area contributed by atoms with Gasteiger partial charge in [0.2, 0.25) is 0 Å². The Morgan fingerprint density at radius 1 is 1.13 bits per heavy atom. The molecule has 0 N–H and O–H groups in total. The van der Waals surface area contributed by atoms with Crippen LogP contribution in [0.5, 0.6) is 11.5 Å². The molecule has 1 aromatic rings. The third-order valence-corrected chi connectivity index (χ3v) is 2.91. The number of alkyl halides is 1. The summed E-state index contributed by atoms with van der Waals surface area (Å²) in [6.45, 7) is 1.19. The molecular formula is C11H12Cl2O2. The van der Waals surface area contributed by atoms with Gasteiger partial charge in [0, 0.05) is 17.0 Å². The van der Waals surface area contributed by atoms with E-state index in [1.807, 2.05) is 12.1 Å². The Morgan fingerprint density at radius 3 is 2.47 bits per heavy atom. The highest BCUT2D eigenvalue weighted by molar-refractivity contribution is 6.31. The van der Waals surface area contributed by atoms with Crippen LogP contribution in [0.4, 0.5) is 0 Å². The predicted molar refractivity (Wildman–Crippen MR) is 61.5 cm³/mol. The first kappa shape index (κ1) is 10.9. The zero-order chi connectivity index (χ0) is 10.7. The Morgan fingerprint density at radius 2 is 1.80 bits per heavy atom. The minimum absolute atomic E-state index is 0.588. The molecule has 1 aromatic carbocycles. The van der Waals surface area contributed by atoms with Crippen LogP contribution < -0.4 is 9.47 Å². The zero-order valence-corrected chi connectivity index (χ0v) is 9.77. The van der Waals surface area contributed by atoms with E-state index in [1.165, 1.54) is 0 Å².